The molecule has 0 N–H and O–H groups in total. The zero-order valence-corrected chi connectivity index (χ0v) is 16.3. The van der Waals surface area contributed by atoms with Gasteiger partial charge in [-0.15, -0.1) is 0 Å². The Morgan fingerprint density at radius 2 is 1.92 bits per heavy atom. The van der Waals surface area contributed by atoms with E-state index in [2.05, 4.69) is 52.4 Å². The van der Waals surface area contributed by atoms with Gasteiger partial charge in [-0.3, -0.25) is 9.88 Å². The van der Waals surface area contributed by atoms with Crippen molar-refractivity contribution in [2.75, 3.05) is 31.1 Å². The lowest BCUT2D eigenvalue weighted by Crippen LogP contribution is -2.46. The van der Waals surface area contributed by atoms with Crippen LogP contribution >= 0.6 is 27.5 Å². The molecule has 3 aromatic rings. The third-order valence-corrected chi connectivity index (χ3v) is 5.49. The molecular weight excluding hydrogens is 402 g/mol. The minimum atomic E-state index is 0.680. The molecule has 0 bridgehead atoms. The summed E-state index contributed by atoms with van der Waals surface area (Å²) in [5, 5.41) is 1.78. The number of fused-ring (bicyclic) bond motifs is 1. The van der Waals surface area contributed by atoms with E-state index < -0.39 is 0 Å². The van der Waals surface area contributed by atoms with Crippen molar-refractivity contribution in [3.8, 4) is 0 Å². The summed E-state index contributed by atoms with van der Waals surface area (Å²) in [6.45, 7) is 4.88. The normalized spacial score (nSPS) is 15.9. The molecule has 0 amide bonds. The summed E-state index contributed by atoms with van der Waals surface area (Å²) < 4.78 is 3.06. The smallest absolute Gasteiger partial charge is 0.122 e. The molecule has 1 aliphatic rings. The van der Waals surface area contributed by atoms with Crippen LogP contribution in [0, 0.1) is 0 Å². The van der Waals surface area contributed by atoms with E-state index in [1.165, 1.54) is 5.69 Å². The second-order valence-corrected chi connectivity index (χ2v) is 7.65. The maximum atomic E-state index is 6.36. The van der Waals surface area contributed by atoms with E-state index in [1.54, 1.807) is 0 Å². The molecule has 4 rings (SSSR count). The SMILES string of the molecule is Cn1ccnc1CN1CCN(c2ccnc3c(Cl)cc(Br)cc23)CC1. The highest BCUT2D eigenvalue weighted by Crippen LogP contribution is 2.33. The first-order chi connectivity index (χ1) is 12.1. The molecule has 0 saturated carbocycles. The predicted octanol–water partition coefficient (Wildman–Crippen LogP) is 3.71. The molecule has 130 valence electrons. The molecule has 5 nitrogen and oxygen atoms in total. The van der Waals surface area contributed by atoms with Gasteiger partial charge in [0, 0.05) is 67.4 Å². The minimum absolute atomic E-state index is 0.680. The first-order valence-electron chi connectivity index (χ1n) is 8.29. The van der Waals surface area contributed by atoms with Crippen molar-refractivity contribution in [1.29, 1.82) is 0 Å². The first-order valence-corrected chi connectivity index (χ1v) is 9.46. The van der Waals surface area contributed by atoms with Gasteiger partial charge in [-0.1, -0.05) is 27.5 Å². The lowest BCUT2D eigenvalue weighted by Gasteiger charge is -2.36. The number of pyridine rings is 1. The molecule has 0 spiro atoms. The molecule has 7 heteroatoms. The number of hydrogen-bond donors (Lipinski definition) is 0. The standard InChI is InChI=1S/C18H19BrClN5/c1-23-5-4-21-17(23)12-24-6-8-25(9-7-24)16-2-3-22-18-14(16)10-13(19)11-15(18)20/h2-5,10-11H,6-9,12H2,1H3. The van der Waals surface area contributed by atoms with E-state index in [0.29, 0.717) is 5.02 Å². The second kappa shape index (κ2) is 6.94. The van der Waals surface area contributed by atoms with Crippen LogP contribution < -0.4 is 4.90 Å². The number of aromatic nitrogens is 3. The summed E-state index contributed by atoms with van der Waals surface area (Å²) in [4.78, 5) is 13.7. The van der Waals surface area contributed by atoms with Crippen molar-refractivity contribution >= 4 is 44.1 Å². The van der Waals surface area contributed by atoms with Crippen molar-refractivity contribution < 1.29 is 0 Å². The molecule has 1 saturated heterocycles. The molecule has 0 unspecified atom stereocenters. The number of halogens is 2. The lowest BCUT2D eigenvalue weighted by atomic mass is 10.1. The van der Waals surface area contributed by atoms with Crippen LogP contribution in [0.2, 0.25) is 5.02 Å². The Labute approximate surface area is 160 Å². The number of aryl methyl sites for hydroxylation is 1. The first kappa shape index (κ1) is 16.8. The third-order valence-electron chi connectivity index (χ3n) is 4.74. The summed E-state index contributed by atoms with van der Waals surface area (Å²) in [6.07, 6.45) is 5.70. The second-order valence-electron chi connectivity index (χ2n) is 6.33. The fourth-order valence-corrected chi connectivity index (χ4v) is 4.19. The number of anilines is 1. The number of rotatable bonds is 3. The van der Waals surface area contributed by atoms with Crippen LogP contribution in [-0.4, -0.2) is 45.6 Å². The zero-order valence-electron chi connectivity index (χ0n) is 14.0. The van der Waals surface area contributed by atoms with E-state index >= 15 is 0 Å². The van der Waals surface area contributed by atoms with Crippen LogP contribution in [0.15, 0.2) is 41.3 Å². The van der Waals surface area contributed by atoms with E-state index in [1.807, 2.05) is 31.7 Å². The lowest BCUT2D eigenvalue weighted by molar-refractivity contribution is 0.242. The molecule has 3 heterocycles. The largest absolute Gasteiger partial charge is 0.368 e. The van der Waals surface area contributed by atoms with E-state index in [0.717, 1.165) is 53.9 Å². The van der Waals surface area contributed by atoms with Crippen molar-refractivity contribution in [1.82, 2.24) is 19.4 Å². The number of nitrogens with zero attached hydrogens (tertiary/aromatic N) is 5. The highest BCUT2D eigenvalue weighted by molar-refractivity contribution is 9.10. The maximum Gasteiger partial charge on any atom is 0.122 e. The Hall–Kier alpha value is -1.63. The van der Waals surface area contributed by atoms with E-state index in [4.69, 9.17) is 11.6 Å². The van der Waals surface area contributed by atoms with Crippen LogP contribution in [0.5, 0.6) is 0 Å². The zero-order chi connectivity index (χ0) is 17.4. The number of piperazine rings is 1. The van der Waals surface area contributed by atoms with Gasteiger partial charge >= 0.3 is 0 Å². The average molecular weight is 421 g/mol. The van der Waals surface area contributed by atoms with Gasteiger partial charge in [-0.25, -0.2) is 4.98 Å². The summed E-state index contributed by atoms with van der Waals surface area (Å²) in [5.74, 6) is 1.11. The quantitative estimate of drug-likeness (QED) is 0.647. The van der Waals surface area contributed by atoms with Gasteiger partial charge in [-0.2, -0.15) is 0 Å². The molecule has 25 heavy (non-hydrogen) atoms. The van der Waals surface area contributed by atoms with Gasteiger partial charge in [0.15, 0.2) is 0 Å². The van der Waals surface area contributed by atoms with Gasteiger partial charge in [0.1, 0.15) is 5.82 Å². The Morgan fingerprint density at radius 3 is 2.64 bits per heavy atom. The van der Waals surface area contributed by atoms with Crippen molar-refractivity contribution in [3.05, 3.63) is 52.1 Å². The fraction of sp³-hybridized carbons (Fsp3) is 0.333. The summed E-state index contributed by atoms with van der Waals surface area (Å²) in [7, 11) is 2.04. The topological polar surface area (TPSA) is 37.2 Å². The summed E-state index contributed by atoms with van der Waals surface area (Å²) in [6, 6.07) is 6.08. The molecule has 1 fully saturated rings. The Kier molecular flexibility index (Phi) is 4.67. The molecule has 0 atom stereocenters. The van der Waals surface area contributed by atoms with E-state index in [-0.39, 0.29) is 0 Å². The Bertz CT molecular complexity index is 902. The van der Waals surface area contributed by atoms with Gasteiger partial charge in [0.2, 0.25) is 0 Å². The Morgan fingerprint density at radius 1 is 1.12 bits per heavy atom. The number of benzene rings is 1. The molecule has 0 aliphatic carbocycles. The maximum absolute atomic E-state index is 6.36. The van der Waals surface area contributed by atoms with Crippen molar-refractivity contribution in [2.45, 2.75) is 6.54 Å². The minimum Gasteiger partial charge on any atom is -0.368 e. The van der Waals surface area contributed by atoms with Gasteiger partial charge in [-0.05, 0) is 18.2 Å². The van der Waals surface area contributed by atoms with Gasteiger partial charge in [0.05, 0.1) is 17.1 Å². The average Bonchev–Trinajstić information content (AvgIpc) is 3.00. The summed E-state index contributed by atoms with van der Waals surface area (Å²) in [5.41, 5.74) is 2.06. The molecule has 0 radical (unpaired) electrons. The molecule has 1 aromatic carbocycles. The van der Waals surface area contributed by atoms with Crippen LogP contribution in [0.4, 0.5) is 5.69 Å². The third kappa shape index (κ3) is 3.38. The van der Waals surface area contributed by atoms with Gasteiger partial charge in [0.25, 0.3) is 0 Å². The van der Waals surface area contributed by atoms with Crippen molar-refractivity contribution in [2.24, 2.45) is 7.05 Å². The number of hydrogen-bond acceptors (Lipinski definition) is 4. The predicted molar refractivity (Wildman–Crippen MR) is 105 cm³/mol. The van der Waals surface area contributed by atoms with E-state index in [9.17, 15) is 0 Å². The molecular formula is C18H19BrClN5. The molecule has 1 aliphatic heterocycles. The monoisotopic (exact) mass is 419 g/mol. The molecule has 2 aromatic heterocycles. The van der Waals surface area contributed by atoms with Gasteiger partial charge < -0.3 is 9.47 Å². The van der Waals surface area contributed by atoms with Crippen LogP contribution in [0.3, 0.4) is 0 Å². The highest BCUT2D eigenvalue weighted by Gasteiger charge is 2.20. The van der Waals surface area contributed by atoms with Crippen LogP contribution in [0.1, 0.15) is 5.82 Å². The highest BCUT2D eigenvalue weighted by atomic mass is 79.9. The number of imidazole rings is 1. The van der Waals surface area contributed by atoms with Crippen LogP contribution in [-0.2, 0) is 13.6 Å². The van der Waals surface area contributed by atoms with Crippen LogP contribution in [0.25, 0.3) is 10.9 Å². The van der Waals surface area contributed by atoms with Crippen molar-refractivity contribution in [3.63, 3.8) is 0 Å². The fourth-order valence-electron chi connectivity index (χ4n) is 3.34. The summed E-state index contributed by atoms with van der Waals surface area (Å²) >= 11 is 9.90. The Balaban J connectivity index is 1.53.